The van der Waals surface area contributed by atoms with Gasteiger partial charge in [0.25, 0.3) is 0 Å². The summed E-state index contributed by atoms with van der Waals surface area (Å²) >= 11 is 0. The van der Waals surface area contributed by atoms with Gasteiger partial charge in [0.1, 0.15) is 19.6 Å². The Labute approximate surface area is 118 Å². The monoisotopic (exact) mass is 286 g/mol. The summed E-state index contributed by atoms with van der Waals surface area (Å²) in [6.45, 7) is 2.96. The summed E-state index contributed by atoms with van der Waals surface area (Å²) in [5, 5.41) is 18.9. The summed E-state index contributed by atoms with van der Waals surface area (Å²) in [5.74, 6) is -0.0836. The van der Waals surface area contributed by atoms with Crippen molar-refractivity contribution in [2.75, 3.05) is 27.6 Å². The molecule has 4 amide bonds. The van der Waals surface area contributed by atoms with Gasteiger partial charge in [0.05, 0.1) is 0 Å². The van der Waals surface area contributed by atoms with Crippen LogP contribution in [0.25, 0.3) is 0 Å². The number of hydrogen-bond acceptors (Lipinski definition) is 4. The minimum Gasteiger partial charge on any atom is -0.376 e. The zero-order chi connectivity index (χ0) is 15.2. The van der Waals surface area contributed by atoms with Crippen LogP contribution in [0.5, 0.6) is 0 Å². The second-order valence-electron chi connectivity index (χ2n) is 5.48. The molecule has 2 saturated heterocycles. The first kappa shape index (κ1) is 14.9. The Morgan fingerprint density at radius 1 is 0.900 bits per heavy atom. The van der Waals surface area contributed by atoms with E-state index in [1.165, 1.54) is 14.7 Å². The number of aliphatic hydroxyl groups excluding tert-OH is 2. The van der Waals surface area contributed by atoms with Crippen LogP contribution >= 0.6 is 0 Å². The summed E-state index contributed by atoms with van der Waals surface area (Å²) in [4.78, 5) is 30.1. The summed E-state index contributed by atoms with van der Waals surface area (Å²) < 4.78 is 0. The molecule has 2 heterocycles. The lowest BCUT2D eigenvalue weighted by molar-refractivity contribution is -0.104. The fourth-order valence-electron chi connectivity index (χ4n) is 3.36. The summed E-state index contributed by atoms with van der Waals surface area (Å²) in [5.41, 5.74) is 0. The maximum atomic E-state index is 12.2. The minimum atomic E-state index is -0.496. The number of fused-ring (bicyclic) bond motifs is 1. The zero-order valence-electron chi connectivity index (χ0n) is 12.2. The quantitative estimate of drug-likeness (QED) is 0.705. The average molecular weight is 286 g/mol. The predicted octanol–water partition coefficient (Wildman–Crippen LogP) is -0.660. The van der Waals surface area contributed by atoms with Gasteiger partial charge < -0.3 is 20.0 Å². The van der Waals surface area contributed by atoms with Gasteiger partial charge in [-0.3, -0.25) is 9.80 Å². The molecular formula is C12H22N4O4. The van der Waals surface area contributed by atoms with Crippen molar-refractivity contribution in [2.45, 2.75) is 32.1 Å². The van der Waals surface area contributed by atoms with E-state index in [4.69, 9.17) is 0 Å². The molecule has 0 aromatic carbocycles. The first-order valence-electron chi connectivity index (χ1n) is 6.65. The first-order valence-corrected chi connectivity index (χ1v) is 6.65. The molecule has 8 nitrogen and oxygen atoms in total. The van der Waals surface area contributed by atoms with Crippen molar-refractivity contribution in [3.8, 4) is 0 Å². The van der Waals surface area contributed by atoms with Crippen LogP contribution in [-0.2, 0) is 0 Å². The van der Waals surface area contributed by atoms with Gasteiger partial charge >= 0.3 is 12.1 Å². The maximum Gasteiger partial charge on any atom is 0.323 e. The van der Waals surface area contributed by atoms with Crippen LogP contribution in [0.2, 0.25) is 0 Å². The number of nitrogens with zero attached hydrogens (tertiary/aromatic N) is 4. The molecule has 8 heteroatoms. The highest BCUT2D eigenvalue weighted by atomic mass is 16.3. The van der Waals surface area contributed by atoms with E-state index in [0.717, 1.165) is 0 Å². The van der Waals surface area contributed by atoms with E-state index in [1.807, 2.05) is 13.8 Å². The number of aliphatic hydroxyl groups is 2. The third kappa shape index (κ3) is 1.82. The molecular weight excluding hydrogens is 264 g/mol. The third-order valence-corrected chi connectivity index (χ3v) is 4.68. The first-order chi connectivity index (χ1) is 9.36. The van der Waals surface area contributed by atoms with Crippen LogP contribution in [0.4, 0.5) is 9.59 Å². The van der Waals surface area contributed by atoms with Crippen LogP contribution in [-0.4, -0.2) is 87.7 Å². The molecule has 2 fully saturated rings. The molecule has 4 atom stereocenters. The van der Waals surface area contributed by atoms with Gasteiger partial charge in [-0.25, -0.2) is 9.59 Å². The van der Waals surface area contributed by atoms with Crippen LogP contribution in [0.15, 0.2) is 0 Å². The predicted molar refractivity (Wildman–Crippen MR) is 70.4 cm³/mol. The van der Waals surface area contributed by atoms with E-state index in [9.17, 15) is 19.8 Å². The van der Waals surface area contributed by atoms with Gasteiger partial charge in [-0.2, -0.15) is 0 Å². The molecule has 0 aromatic rings. The molecule has 2 N–H and O–H groups in total. The van der Waals surface area contributed by atoms with Gasteiger partial charge in [0, 0.05) is 32.1 Å². The van der Waals surface area contributed by atoms with Crippen LogP contribution in [0, 0.1) is 5.92 Å². The number of urea groups is 2. The fraction of sp³-hybridized carbons (Fsp3) is 0.833. The third-order valence-electron chi connectivity index (χ3n) is 4.68. The van der Waals surface area contributed by atoms with Crippen molar-refractivity contribution in [3.05, 3.63) is 0 Å². The van der Waals surface area contributed by atoms with E-state index in [1.54, 1.807) is 19.0 Å². The van der Waals surface area contributed by atoms with Gasteiger partial charge in [-0.15, -0.1) is 0 Å². The normalized spacial score (nSPS) is 34.7. The molecule has 0 spiro atoms. The molecule has 114 valence electrons. The number of hydrogen-bond donors (Lipinski definition) is 2. The molecule has 0 radical (unpaired) electrons. The van der Waals surface area contributed by atoms with E-state index >= 15 is 0 Å². The second kappa shape index (κ2) is 5.10. The Kier molecular flexibility index (Phi) is 3.79. The van der Waals surface area contributed by atoms with Crippen LogP contribution < -0.4 is 0 Å². The maximum absolute atomic E-state index is 12.2. The average Bonchev–Trinajstić information content (AvgIpc) is 2.42. The van der Waals surface area contributed by atoms with E-state index in [0.29, 0.717) is 0 Å². The molecule has 2 aliphatic heterocycles. The van der Waals surface area contributed by atoms with Gasteiger partial charge in [0.15, 0.2) is 0 Å². The molecule has 0 saturated carbocycles. The van der Waals surface area contributed by atoms with Crippen molar-refractivity contribution in [1.29, 1.82) is 0 Å². The Hall–Kier alpha value is -1.54. The zero-order valence-corrected chi connectivity index (χ0v) is 12.2. The fourth-order valence-corrected chi connectivity index (χ4v) is 3.36. The number of carbonyl (C=O) groups is 2. The van der Waals surface area contributed by atoms with Crippen LogP contribution in [0.1, 0.15) is 13.8 Å². The molecule has 20 heavy (non-hydrogen) atoms. The Bertz CT molecular complexity index is 418. The van der Waals surface area contributed by atoms with Crippen molar-refractivity contribution in [3.63, 3.8) is 0 Å². The standard InChI is InChI=1S/C12H22N4O4/c1-7-9-8(2)15(5-17)12(20)14(4)10(9)16(6-18)11(19)13(7)3/h7-10,17-18H,5-6H2,1-4H3/t7-,8-,9+,10+/m0/s1. The van der Waals surface area contributed by atoms with Crippen molar-refractivity contribution in [1.82, 2.24) is 19.6 Å². The lowest BCUT2D eigenvalue weighted by atomic mass is 9.84. The van der Waals surface area contributed by atoms with E-state index in [-0.39, 0.29) is 36.8 Å². The minimum absolute atomic E-state index is 0.0836. The SMILES string of the molecule is C[C@H]1[C@H]2[C@H](N(C)C(=O)N(CO)[C@H]2C)N(CO)C(=O)N1C. The Morgan fingerprint density at radius 3 is 1.90 bits per heavy atom. The second-order valence-corrected chi connectivity index (χ2v) is 5.48. The number of rotatable bonds is 2. The molecule has 0 aliphatic carbocycles. The highest BCUT2D eigenvalue weighted by Crippen LogP contribution is 2.36. The van der Waals surface area contributed by atoms with Gasteiger partial charge in [-0.1, -0.05) is 0 Å². The lowest BCUT2D eigenvalue weighted by Crippen LogP contribution is -2.75. The van der Waals surface area contributed by atoms with Crippen molar-refractivity contribution in [2.24, 2.45) is 5.92 Å². The largest absolute Gasteiger partial charge is 0.376 e. The smallest absolute Gasteiger partial charge is 0.323 e. The topological polar surface area (TPSA) is 87.6 Å². The summed E-state index contributed by atoms with van der Waals surface area (Å²) in [7, 11) is 3.26. The Balaban J connectivity index is 2.45. The molecule has 0 bridgehead atoms. The highest BCUT2D eigenvalue weighted by molar-refractivity contribution is 5.80. The number of amides is 4. The summed E-state index contributed by atoms with van der Waals surface area (Å²) in [6, 6.07) is -0.974. The highest BCUT2D eigenvalue weighted by Gasteiger charge is 2.53. The summed E-state index contributed by atoms with van der Waals surface area (Å²) in [6.07, 6.45) is -0.496. The van der Waals surface area contributed by atoms with Gasteiger partial charge in [0.2, 0.25) is 0 Å². The molecule has 2 aliphatic rings. The Morgan fingerprint density at radius 2 is 1.40 bits per heavy atom. The van der Waals surface area contributed by atoms with Crippen LogP contribution in [0.3, 0.4) is 0 Å². The van der Waals surface area contributed by atoms with Crippen molar-refractivity contribution >= 4 is 12.1 Å². The molecule has 0 aromatic heterocycles. The van der Waals surface area contributed by atoms with Gasteiger partial charge in [-0.05, 0) is 13.8 Å². The van der Waals surface area contributed by atoms with E-state index < -0.39 is 12.9 Å². The van der Waals surface area contributed by atoms with Crippen molar-refractivity contribution < 1.29 is 19.8 Å². The lowest BCUT2D eigenvalue weighted by Gasteiger charge is -2.57. The van der Waals surface area contributed by atoms with E-state index in [2.05, 4.69) is 0 Å². The number of carbonyl (C=O) groups excluding carboxylic acids is 2. The molecule has 0 unspecified atom stereocenters. The molecule has 2 rings (SSSR count).